The van der Waals surface area contributed by atoms with Gasteiger partial charge < -0.3 is 10.6 Å². The maximum atomic E-state index is 13.5. The van der Waals surface area contributed by atoms with Gasteiger partial charge in [-0.3, -0.25) is 4.79 Å². The van der Waals surface area contributed by atoms with Gasteiger partial charge in [-0.2, -0.15) is 5.10 Å². The Morgan fingerprint density at radius 1 is 1.00 bits per heavy atom. The van der Waals surface area contributed by atoms with Crippen LogP contribution in [0.4, 0.5) is 5.82 Å². The Bertz CT molecular complexity index is 1260. The van der Waals surface area contributed by atoms with Crippen molar-refractivity contribution < 1.29 is 4.79 Å². The molecule has 5 rings (SSSR count). The zero-order valence-corrected chi connectivity index (χ0v) is 19.7. The van der Waals surface area contributed by atoms with E-state index in [1.165, 1.54) is 11.1 Å². The fourth-order valence-electron chi connectivity index (χ4n) is 4.69. The number of fused-ring (bicyclic) bond motifs is 1. The molecule has 1 aromatic heterocycles. The number of hydrogen-bond acceptors (Lipinski definition) is 3. The lowest BCUT2D eigenvalue weighted by Gasteiger charge is -2.32. The molecule has 2 atom stereocenters. The van der Waals surface area contributed by atoms with Gasteiger partial charge in [-0.05, 0) is 30.0 Å². The lowest BCUT2D eigenvalue weighted by atomic mass is 9.94. The van der Waals surface area contributed by atoms with Crippen LogP contribution in [0.25, 0.3) is 11.1 Å². The van der Waals surface area contributed by atoms with Crippen molar-refractivity contribution in [1.29, 1.82) is 0 Å². The molecule has 0 radical (unpaired) electrons. The summed E-state index contributed by atoms with van der Waals surface area (Å²) in [7, 11) is 0. The Balaban J connectivity index is 1.54. The van der Waals surface area contributed by atoms with Gasteiger partial charge in [0.25, 0.3) is 0 Å². The second kappa shape index (κ2) is 9.56. The molecular weight excluding hydrogens is 420 g/mol. The Hall–Kier alpha value is -3.86. The van der Waals surface area contributed by atoms with Crippen LogP contribution in [-0.2, 0) is 17.8 Å². The second-order valence-corrected chi connectivity index (χ2v) is 8.90. The van der Waals surface area contributed by atoms with Gasteiger partial charge >= 0.3 is 0 Å². The monoisotopic (exact) mass is 450 g/mol. The molecule has 0 saturated heterocycles. The summed E-state index contributed by atoms with van der Waals surface area (Å²) in [6, 6.07) is 28.5. The lowest BCUT2D eigenvalue weighted by molar-refractivity contribution is -0.125. The molecule has 0 bridgehead atoms. The van der Waals surface area contributed by atoms with Crippen LogP contribution >= 0.6 is 0 Å². The lowest BCUT2D eigenvalue weighted by Crippen LogP contribution is -2.38. The minimum absolute atomic E-state index is 0.00604. The van der Waals surface area contributed by atoms with Gasteiger partial charge in [0.05, 0.1) is 11.7 Å². The molecule has 0 spiro atoms. The summed E-state index contributed by atoms with van der Waals surface area (Å²) in [4.78, 5) is 13.5. The minimum atomic E-state index is -0.394. The van der Waals surface area contributed by atoms with Crippen LogP contribution in [-0.4, -0.2) is 15.7 Å². The normalized spacial score (nSPS) is 17.0. The van der Waals surface area contributed by atoms with Crippen LogP contribution in [0.2, 0.25) is 0 Å². The summed E-state index contributed by atoms with van der Waals surface area (Å²) in [5.74, 6) is 0.910. The van der Waals surface area contributed by atoms with Crippen molar-refractivity contribution in [2.75, 3.05) is 5.32 Å². The van der Waals surface area contributed by atoms with Crippen molar-refractivity contribution in [1.82, 2.24) is 15.1 Å². The summed E-state index contributed by atoms with van der Waals surface area (Å²) in [5, 5.41) is 11.8. The SMILES string of the molecule is CCc1nn2c(c1-c1ccccc1)NC(c1ccc(C)cc1)CC2C(=O)NCc1ccccc1. The summed E-state index contributed by atoms with van der Waals surface area (Å²) >= 11 is 0. The van der Waals surface area contributed by atoms with E-state index in [4.69, 9.17) is 5.10 Å². The first-order chi connectivity index (χ1) is 16.6. The largest absolute Gasteiger partial charge is 0.363 e. The molecule has 34 heavy (non-hydrogen) atoms. The average molecular weight is 451 g/mol. The first-order valence-corrected chi connectivity index (χ1v) is 12.0. The van der Waals surface area contributed by atoms with Gasteiger partial charge in [0.15, 0.2) is 0 Å². The smallest absolute Gasteiger partial charge is 0.245 e. The highest BCUT2D eigenvalue weighted by atomic mass is 16.2. The molecule has 172 valence electrons. The third-order valence-corrected chi connectivity index (χ3v) is 6.54. The minimum Gasteiger partial charge on any atom is -0.363 e. The van der Waals surface area contributed by atoms with Crippen LogP contribution in [0.1, 0.15) is 47.8 Å². The molecule has 4 aromatic rings. The number of amides is 1. The van der Waals surface area contributed by atoms with E-state index < -0.39 is 6.04 Å². The number of nitrogens with one attached hydrogen (secondary N) is 2. The van der Waals surface area contributed by atoms with E-state index in [-0.39, 0.29) is 11.9 Å². The highest BCUT2D eigenvalue weighted by molar-refractivity contribution is 5.85. The van der Waals surface area contributed by atoms with Crippen LogP contribution < -0.4 is 10.6 Å². The molecule has 1 aliphatic rings. The Labute approximate surface area is 200 Å². The van der Waals surface area contributed by atoms with E-state index in [1.807, 2.05) is 53.2 Å². The van der Waals surface area contributed by atoms with E-state index in [0.717, 1.165) is 34.6 Å². The number of aromatic nitrogens is 2. The molecule has 0 aliphatic carbocycles. The van der Waals surface area contributed by atoms with Gasteiger partial charge in [0.2, 0.25) is 5.91 Å². The van der Waals surface area contributed by atoms with Gasteiger partial charge in [-0.15, -0.1) is 0 Å². The molecule has 1 amide bonds. The summed E-state index contributed by atoms with van der Waals surface area (Å²) in [6.07, 6.45) is 1.43. The van der Waals surface area contributed by atoms with E-state index >= 15 is 0 Å². The summed E-state index contributed by atoms with van der Waals surface area (Å²) in [5.41, 5.74) is 6.68. The highest BCUT2D eigenvalue weighted by Crippen LogP contribution is 2.42. The number of anilines is 1. The average Bonchev–Trinajstić information content (AvgIpc) is 3.27. The number of rotatable bonds is 6. The fraction of sp³-hybridized carbons (Fsp3) is 0.241. The number of hydrogen-bond donors (Lipinski definition) is 2. The predicted molar refractivity (Wildman–Crippen MR) is 137 cm³/mol. The Kier molecular flexibility index (Phi) is 6.17. The molecule has 5 heteroatoms. The van der Waals surface area contributed by atoms with Crippen LogP contribution in [0.15, 0.2) is 84.9 Å². The quantitative estimate of drug-likeness (QED) is 0.388. The van der Waals surface area contributed by atoms with E-state index in [9.17, 15) is 4.79 Å². The van der Waals surface area contributed by atoms with Gasteiger partial charge in [-0.25, -0.2) is 4.68 Å². The van der Waals surface area contributed by atoms with Crippen LogP contribution in [0.5, 0.6) is 0 Å². The molecular formula is C29H30N4O. The molecule has 3 aromatic carbocycles. The molecule has 2 heterocycles. The molecule has 0 fully saturated rings. The molecule has 0 saturated carbocycles. The standard InChI is InChI=1S/C29H30N4O/c1-3-24-27(23-12-8-5-9-13-23)28-31-25(22-16-14-20(2)15-17-22)18-26(33(28)32-24)29(34)30-19-21-10-6-4-7-11-21/h4-17,25-26,31H,3,18-19H2,1-2H3,(H,30,34). The third-order valence-electron chi connectivity index (χ3n) is 6.54. The Morgan fingerprint density at radius 2 is 1.68 bits per heavy atom. The van der Waals surface area contributed by atoms with E-state index in [2.05, 4.69) is 60.9 Å². The van der Waals surface area contributed by atoms with Crippen molar-refractivity contribution in [3.63, 3.8) is 0 Å². The molecule has 2 N–H and O–H groups in total. The first-order valence-electron chi connectivity index (χ1n) is 12.0. The predicted octanol–water partition coefficient (Wildman–Crippen LogP) is 5.84. The highest BCUT2D eigenvalue weighted by Gasteiger charge is 2.36. The zero-order valence-electron chi connectivity index (χ0n) is 19.7. The first kappa shape index (κ1) is 22.0. The van der Waals surface area contributed by atoms with Gasteiger partial charge in [0.1, 0.15) is 11.9 Å². The fourth-order valence-corrected chi connectivity index (χ4v) is 4.69. The topological polar surface area (TPSA) is 59.0 Å². The number of nitrogens with zero attached hydrogens (tertiary/aromatic N) is 2. The number of aryl methyl sites for hydroxylation is 2. The van der Waals surface area contributed by atoms with Gasteiger partial charge in [0, 0.05) is 18.5 Å². The maximum absolute atomic E-state index is 13.5. The van der Waals surface area contributed by atoms with Gasteiger partial charge in [-0.1, -0.05) is 97.4 Å². The maximum Gasteiger partial charge on any atom is 0.245 e. The second-order valence-electron chi connectivity index (χ2n) is 8.90. The van der Waals surface area contributed by atoms with Crippen molar-refractivity contribution >= 4 is 11.7 Å². The summed E-state index contributed by atoms with van der Waals surface area (Å²) in [6.45, 7) is 4.71. The third kappa shape index (κ3) is 4.34. The Morgan fingerprint density at radius 3 is 2.35 bits per heavy atom. The number of carbonyl (C=O) groups is 1. The van der Waals surface area contributed by atoms with Crippen molar-refractivity contribution in [2.24, 2.45) is 0 Å². The van der Waals surface area contributed by atoms with Crippen molar-refractivity contribution in [2.45, 2.75) is 45.3 Å². The summed E-state index contributed by atoms with van der Waals surface area (Å²) < 4.78 is 1.91. The molecule has 2 unspecified atom stereocenters. The van der Waals surface area contributed by atoms with E-state index in [1.54, 1.807) is 0 Å². The zero-order chi connectivity index (χ0) is 23.5. The van der Waals surface area contributed by atoms with E-state index in [0.29, 0.717) is 13.0 Å². The number of benzene rings is 3. The van der Waals surface area contributed by atoms with Crippen molar-refractivity contribution in [3.05, 3.63) is 107 Å². The molecule has 1 aliphatic heterocycles. The number of carbonyl (C=O) groups excluding carboxylic acids is 1. The molecule has 5 nitrogen and oxygen atoms in total. The van der Waals surface area contributed by atoms with Crippen molar-refractivity contribution in [3.8, 4) is 11.1 Å². The van der Waals surface area contributed by atoms with Crippen LogP contribution in [0, 0.1) is 6.92 Å². The van der Waals surface area contributed by atoms with Crippen LogP contribution in [0.3, 0.4) is 0 Å².